The number of hydroxylamine groups is 1. The summed E-state index contributed by atoms with van der Waals surface area (Å²) in [6.45, 7) is 2.62. The fourth-order valence-corrected chi connectivity index (χ4v) is 6.19. The molecule has 1 saturated heterocycles. The second-order valence-electron chi connectivity index (χ2n) is 11.0. The van der Waals surface area contributed by atoms with Crippen LogP contribution in [0.3, 0.4) is 0 Å². The van der Waals surface area contributed by atoms with E-state index in [0.717, 1.165) is 13.2 Å². The van der Waals surface area contributed by atoms with Crippen molar-refractivity contribution in [1.29, 1.82) is 0 Å². The lowest BCUT2D eigenvalue weighted by molar-refractivity contribution is -0.254. The number of methoxy groups -OCH3 is 1. The summed E-state index contributed by atoms with van der Waals surface area (Å²) in [5.74, 6) is -3.56. The average Bonchev–Trinajstić information content (AvgIpc) is 2.93. The molecule has 2 aliphatic carbocycles. The molecule has 1 fully saturated rings. The van der Waals surface area contributed by atoms with Crippen LogP contribution in [0.4, 0.5) is 0 Å². The molecule has 15 heteroatoms. The Labute approximate surface area is 246 Å². The summed E-state index contributed by atoms with van der Waals surface area (Å²) >= 11 is 0. The molecule has 0 aromatic heterocycles. The van der Waals surface area contributed by atoms with Gasteiger partial charge in [0.15, 0.2) is 17.9 Å². The molecule has 3 aliphatic rings. The van der Waals surface area contributed by atoms with Crippen LogP contribution >= 0.6 is 0 Å². The van der Waals surface area contributed by atoms with E-state index in [4.69, 9.17) is 14.2 Å². The molecule has 5 N–H and O–H groups in total. The van der Waals surface area contributed by atoms with E-state index in [2.05, 4.69) is 9.76 Å². The molecule has 0 spiro atoms. The number of Topliss-reactive ketones (excluding diaryl/α,β-unsaturated/α-hetero) is 1. The van der Waals surface area contributed by atoms with Gasteiger partial charge in [0.2, 0.25) is 5.78 Å². The van der Waals surface area contributed by atoms with Crippen molar-refractivity contribution < 1.29 is 61.7 Å². The third kappa shape index (κ3) is 5.31. The summed E-state index contributed by atoms with van der Waals surface area (Å²) in [5.41, 5.74) is -1.28. The van der Waals surface area contributed by atoms with Crippen molar-refractivity contribution in [3.8, 4) is 17.2 Å². The normalized spacial score (nSPS) is 28.6. The van der Waals surface area contributed by atoms with Gasteiger partial charge >= 0.3 is 0 Å². The van der Waals surface area contributed by atoms with Crippen LogP contribution in [0.1, 0.15) is 75.8 Å². The average molecular weight is 622 g/mol. The van der Waals surface area contributed by atoms with Crippen LogP contribution in [-0.2, 0) is 35.1 Å². The smallest absolute Gasteiger partial charge is 0.280 e. The first-order valence-corrected chi connectivity index (χ1v) is 15.1. The van der Waals surface area contributed by atoms with Gasteiger partial charge in [0.25, 0.3) is 10.1 Å². The topological polar surface area (TPSA) is 215 Å². The van der Waals surface area contributed by atoms with E-state index >= 15 is 0 Å². The first kappa shape index (κ1) is 31.0. The van der Waals surface area contributed by atoms with E-state index in [1.807, 2.05) is 0 Å². The lowest BCUT2D eigenvalue weighted by Gasteiger charge is -2.42. The Morgan fingerprint density at radius 3 is 2.42 bits per heavy atom. The molecule has 2 aromatic carbocycles. The Hall–Kier alpha value is -3.44. The summed E-state index contributed by atoms with van der Waals surface area (Å²) in [7, 11) is -2.62. The monoisotopic (exact) mass is 621 g/mol. The summed E-state index contributed by atoms with van der Waals surface area (Å²) in [6.07, 6.45) is -5.05. The largest absolute Gasteiger partial charge is 0.507 e. The molecule has 2 aromatic rings. The quantitative estimate of drug-likeness (QED) is 0.180. The third-order valence-electron chi connectivity index (χ3n) is 8.10. The molecule has 1 aliphatic heterocycles. The molecule has 0 radical (unpaired) electrons. The third-order valence-corrected chi connectivity index (χ3v) is 8.50. The molecule has 14 nitrogen and oxygen atoms in total. The number of aliphatic hydroxyl groups excluding tert-OH is 1. The standard InChI is InChI=1S/C28H31NO13S/c1-11-23(31)15(29-42-43(4,37)38)8-18(40-11)41-17-10-28(36,12(2)30)9-14-20(17)27(35)22-21(25(14)33)24(32)13-6-5-7-16(39-3)19(13)26(22)34/h5-7,11,15,17-18,23,29,31,33,35-36H,8-10H2,1-4H3/t11?,15?,17-,18?,23?,28-/m0/s1. The molecule has 43 heavy (non-hydrogen) atoms. The van der Waals surface area contributed by atoms with Crippen molar-refractivity contribution in [3.63, 3.8) is 0 Å². The Morgan fingerprint density at radius 1 is 1.12 bits per heavy atom. The molecule has 0 saturated carbocycles. The van der Waals surface area contributed by atoms with E-state index < -0.39 is 99.2 Å². The van der Waals surface area contributed by atoms with Crippen LogP contribution in [0.25, 0.3) is 0 Å². The van der Waals surface area contributed by atoms with Crippen molar-refractivity contribution in [2.45, 2.75) is 69.4 Å². The zero-order chi connectivity index (χ0) is 31.6. The van der Waals surface area contributed by atoms with Crippen molar-refractivity contribution in [3.05, 3.63) is 51.6 Å². The number of hydrogen-bond acceptors (Lipinski definition) is 14. The number of benzene rings is 2. The van der Waals surface area contributed by atoms with Crippen molar-refractivity contribution >= 4 is 27.5 Å². The lowest BCUT2D eigenvalue weighted by atomic mass is 9.72. The highest BCUT2D eigenvalue weighted by Gasteiger charge is 2.49. The van der Waals surface area contributed by atoms with E-state index in [-0.39, 0.29) is 34.4 Å². The molecule has 0 amide bonds. The number of phenols is 2. The zero-order valence-electron chi connectivity index (χ0n) is 23.6. The number of carbonyl (C=O) groups excluding carboxylic acids is 3. The number of rotatable bonds is 7. The van der Waals surface area contributed by atoms with Gasteiger partial charge in [-0.3, -0.25) is 14.4 Å². The summed E-state index contributed by atoms with van der Waals surface area (Å²) in [5, 5.41) is 44.8. The Bertz CT molecular complexity index is 1640. The van der Waals surface area contributed by atoms with Crippen molar-refractivity contribution in [1.82, 2.24) is 5.48 Å². The Balaban J connectivity index is 1.60. The molecule has 4 unspecified atom stereocenters. The maximum atomic E-state index is 13.7. The number of hydrogen-bond donors (Lipinski definition) is 5. The molecule has 5 rings (SSSR count). The van der Waals surface area contributed by atoms with Gasteiger partial charge in [0, 0.05) is 36.0 Å². The number of ether oxygens (including phenoxy) is 3. The number of ketones is 3. The minimum absolute atomic E-state index is 0.0602. The van der Waals surface area contributed by atoms with Gasteiger partial charge in [-0.05, 0) is 19.9 Å². The van der Waals surface area contributed by atoms with Crippen molar-refractivity contribution in [2.75, 3.05) is 13.4 Å². The van der Waals surface area contributed by atoms with Gasteiger partial charge in [-0.2, -0.15) is 18.2 Å². The minimum Gasteiger partial charge on any atom is -0.507 e. The number of phenolic OH excluding ortho intramolecular Hbond substituents is 2. The van der Waals surface area contributed by atoms with Crippen LogP contribution in [0.15, 0.2) is 18.2 Å². The first-order valence-electron chi connectivity index (χ1n) is 13.3. The number of carbonyl (C=O) groups is 3. The molecule has 0 bridgehead atoms. The lowest BCUT2D eigenvalue weighted by Crippen LogP contribution is -2.54. The van der Waals surface area contributed by atoms with Crippen LogP contribution in [0.2, 0.25) is 0 Å². The fourth-order valence-electron chi connectivity index (χ4n) is 5.89. The van der Waals surface area contributed by atoms with Gasteiger partial charge in [0.05, 0.1) is 54.4 Å². The van der Waals surface area contributed by atoms with Gasteiger partial charge in [-0.1, -0.05) is 12.1 Å². The maximum Gasteiger partial charge on any atom is 0.280 e. The van der Waals surface area contributed by atoms with E-state index in [0.29, 0.717) is 0 Å². The Morgan fingerprint density at radius 2 is 1.79 bits per heavy atom. The van der Waals surface area contributed by atoms with E-state index in [1.165, 1.54) is 32.2 Å². The maximum absolute atomic E-state index is 13.7. The highest BCUT2D eigenvalue weighted by Crippen LogP contribution is 2.52. The number of fused-ring (bicyclic) bond motifs is 3. The second-order valence-corrected chi connectivity index (χ2v) is 12.6. The van der Waals surface area contributed by atoms with Crippen LogP contribution in [0, 0.1) is 0 Å². The molecular formula is C28H31NO13S. The predicted octanol–water partition coefficient (Wildman–Crippen LogP) is 0.551. The first-order chi connectivity index (χ1) is 20.1. The van der Waals surface area contributed by atoms with Crippen LogP contribution in [-0.4, -0.2) is 89.7 Å². The van der Waals surface area contributed by atoms with Gasteiger partial charge in [0.1, 0.15) is 22.8 Å². The molecule has 1 heterocycles. The predicted molar refractivity (Wildman–Crippen MR) is 145 cm³/mol. The van der Waals surface area contributed by atoms with Crippen LogP contribution < -0.4 is 10.2 Å². The minimum atomic E-state index is -3.93. The number of aliphatic hydroxyl groups is 2. The highest BCUT2D eigenvalue weighted by molar-refractivity contribution is 7.85. The second kappa shape index (κ2) is 10.9. The Kier molecular flexibility index (Phi) is 7.88. The van der Waals surface area contributed by atoms with Gasteiger partial charge in [-0.15, -0.1) is 0 Å². The van der Waals surface area contributed by atoms with Crippen LogP contribution in [0.5, 0.6) is 17.2 Å². The van der Waals surface area contributed by atoms with Gasteiger partial charge in [-0.25, -0.2) is 0 Å². The van der Waals surface area contributed by atoms with Crippen molar-refractivity contribution in [2.24, 2.45) is 0 Å². The zero-order valence-corrected chi connectivity index (χ0v) is 24.4. The number of aromatic hydroxyl groups is 2. The molecule has 232 valence electrons. The fraction of sp³-hybridized carbons (Fsp3) is 0.464. The van der Waals surface area contributed by atoms with E-state index in [1.54, 1.807) is 0 Å². The summed E-state index contributed by atoms with van der Waals surface area (Å²) in [6, 6.07) is 3.33. The molecular weight excluding hydrogens is 590 g/mol. The SMILES string of the molecule is COc1cccc2c1C(=O)c1c(O)c3c(c(O)c1C2=O)C[C@@](O)(C(C)=O)C[C@@H]3OC1CC(NOS(C)(=O)=O)C(O)C(C)O1. The molecule has 6 atom stereocenters. The number of nitrogens with one attached hydrogen (secondary N) is 1. The summed E-state index contributed by atoms with van der Waals surface area (Å²) < 4.78 is 44.7. The summed E-state index contributed by atoms with van der Waals surface area (Å²) in [4.78, 5) is 39.9. The van der Waals surface area contributed by atoms with E-state index in [9.17, 15) is 43.2 Å². The van der Waals surface area contributed by atoms with Gasteiger partial charge < -0.3 is 34.6 Å². The highest BCUT2D eigenvalue weighted by atomic mass is 32.2.